The highest BCUT2D eigenvalue weighted by Crippen LogP contribution is 2.39. The number of anilines is 1. The number of carbonyl (C=O) groups excluding carboxylic acids is 2. The monoisotopic (exact) mass is 457 g/mol. The van der Waals surface area contributed by atoms with E-state index >= 15 is 0 Å². The Balaban J connectivity index is 2.65. The van der Waals surface area contributed by atoms with Crippen LogP contribution in [0.25, 0.3) is 0 Å². The van der Waals surface area contributed by atoms with Gasteiger partial charge in [-0.2, -0.15) is 18.4 Å². The van der Waals surface area contributed by atoms with Crippen LogP contribution in [0.15, 0.2) is 24.3 Å². The lowest BCUT2D eigenvalue weighted by molar-refractivity contribution is -0.204. The van der Waals surface area contributed by atoms with Crippen LogP contribution in [0.1, 0.15) is 40.2 Å². The highest BCUT2D eigenvalue weighted by Gasteiger charge is 2.64. The van der Waals surface area contributed by atoms with Crippen molar-refractivity contribution < 1.29 is 31.9 Å². The summed E-state index contributed by atoms with van der Waals surface area (Å²) >= 11 is 0.828. The number of hydrogen-bond donors (Lipinski definition) is 2. The average molecular weight is 457 g/mol. The van der Waals surface area contributed by atoms with Gasteiger partial charge in [-0.1, -0.05) is 19.1 Å². The van der Waals surface area contributed by atoms with Crippen LogP contribution in [0.3, 0.4) is 0 Å². The maximum atomic E-state index is 14.3. The number of halogens is 4. The molecule has 11 heteroatoms. The summed E-state index contributed by atoms with van der Waals surface area (Å²) in [7, 11) is 0. The molecule has 0 bridgehead atoms. The van der Waals surface area contributed by atoms with E-state index in [2.05, 4.69) is 4.74 Å². The predicted molar refractivity (Wildman–Crippen MR) is 106 cm³/mol. The van der Waals surface area contributed by atoms with E-state index in [4.69, 9.17) is 0 Å². The Morgan fingerprint density at radius 3 is 2.39 bits per heavy atom. The molecule has 2 N–H and O–H groups in total. The number of hydrogen-bond acceptors (Lipinski definition) is 6. The summed E-state index contributed by atoms with van der Waals surface area (Å²) in [4.78, 5) is 25.7. The van der Waals surface area contributed by atoms with Crippen molar-refractivity contribution >= 4 is 28.2 Å². The molecule has 166 valence electrons. The van der Waals surface area contributed by atoms with Gasteiger partial charge in [-0.05, 0) is 38.0 Å². The standard InChI is InChI=1S/C20H19F4N3O3S/c1-4-12-11(3)31-17(14(12)10-25)27-19(20(22,23)24,18(29)30-5-2)26-16(28)13-8-6-7-9-15(13)21/h6-9,27H,4-5H2,1-3H3,(H,26,28)/t19-/m1/s1. The molecule has 1 atom stereocenters. The summed E-state index contributed by atoms with van der Waals surface area (Å²) in [5, 5.41) is 12.8. The van der Waals surface area contributed by atoms with Crippen LogP contribution in [0.4, 0.5) is 22.6 Å². The first-order valence-corrected chi connectivity index (χ1v) is 9.95. The Bertz CT molecular complexity index is 1030. The van der Waals surface area contributed by atoms with Gasteiger partial charge in [0.1, 0.15) is 16.9 Å². The number of alkyl halides is 3. The summed E-state index contributed by atoms with van der Waals surface area (Å²) in [5.41, 5.74) is -4.02. The molecule has 0 unspecified atom stereocenters. The molecule has 0 spiro atoms. The van der Waals surface area contributed by atoms with Crippen LogP contribution in [0, 0.1) is 24.1 Å². The molecule has 2 aromatic rings. The summed E-state index contributed by atoms with van der Waals surface area (Å²) in [5.74, 6) is -4.41. The molecule has 1 aromatic carbocycles. The van der Waals surface area contributed by atoms with Gasteiger partial charge >= 0.3 is 17.8 Å². The van der Waals surface area contributed by atoms with Crippen LogP contribution in [-0.2, 0) is 16.0 Å². The third kappa shape index (κ3) is 4.64. The molecule has 0 fully saturated rings. The Hall–Kier alpha value is -3.13. The molecule has 0 saturated heterocycles. The highest BCUT2D eigenvalue weighted by molar-refractivity contribution is 7.16. The lowest BCUT2D eigenvalue weighted by Crippen LogP contribution is -2.69. The van der Waals surface area contributed by atoms with E-state index in [1.807, 2.05) is 11.4 Å². The Kier molecular flexibility index (Phi) is 7.28. The molecule has 1 aromatic heterocycles. The fourth-order valence-corrected chi connectivity index (χ4v) is 4.05. The number of aryl methyl sites for hydroxylation is 1. The SMILES string of the molecule is CCOC(=O)[C@@](NC(=O)c1ccccc1F)(Nc1sc(C)c(CC)c1C#N)C(F)(F)F. The van der Waals surface area contributed by atoms with E-state index in [9.17, 15) is 32.4 Å². The van der Waals surface area contributed by atoms with Gasteiger partial charge in [0, 0.05) is 4.88 Å². The maximum Gasteiger partial charge on any atom is 0.441 e. The van der Waals surface area contributed by atoms with Crippen LogP contribution >= 0.6 is 11.3 Å². The van der Waals surface area contributed by atoms with Gasteiger partial charge < -0.3 is 15.4 Å². The minimum absolute atomic E-state index is 0.0805. The smallest absolute Gasteiger partial charge is 0.441 e. The summed E-state index contributed by atoms with van der Waals surface area (Å²) < 4.78 is 61.4. The number of rotatable bonds is 7. The number of esters is 1. The van der Waals surface area contributed by atoms with Gasteiger partial charge in [0.05, 0.1) is 17.7 Å². The molecule has 1 amide bonds. The van der Waals surface area contributed by atoms with Crippen LogP contribution in [0.2, 0.25) is 0 Å². The molecule has 0 aliphatic carbocycles. The topological polar surface area (TPSA) is 91.2 Å². The molecule has 0 saturated carbocycles. The molecule has 2 rings (SSSR count). The van der Waals surface area contributed by atoms with E-state index < -0.39 is 41.7 Å². The van der Waals surface area contributed by atoms with Crippen molar-refractivity contribution in [3.63, 3.8) is 0 Å². The van der Waals surface area contributed by atoms with E-state index in [1.54, 1.807) is 19.2 Å². The van der Waals surface area contributed by atoms with Gasteiger partial charge in [0.25, 0.3) is 5.91 Å². The zero-order valence-electron chi connectivity index (χ0n) is 16.8. The number of nitrogens with zero attached hydrogens (tertiary/aromatic N) is 1. The number of nitrogens with one attached hydrogen (secondary N) is 2. The van der Waals surface area contributed by atoms with E-state index in [-0.39, 0.29) is 10.6 Å². The van der Waals surface area contributed by atoms with E-state index in [0.717, 1.165) is 23.5 Å². The molecule has 0 radical (unpaired) electrons. The maximum absolute atomic E-state index is 14.3. The second-order valence-electron chi connectivity index (χ2n) is 6.33. The van der Waals surface area contributed by atoms with Gasteiger partial charge in [0.15, 0.2) is 0 Å². The average Bonchev–Trinajstić information content (AvgIpc) is 3.00. The highest BCUT2D eigenvalue weighted by atomic mass is 32.1. The second-order valence-corrected chi connectivity index (χ2v) is 7.56. The van der Waals surface area contributed by atoms with Gasteiger partial charge in [-0.25, -0.2) is 9.18 Å². The zero-order chi connectivity index (χ0) is 23.4. The Morgan fingerprint density at radius 1 is 1.23 bits per heavy atom. The van der Waals surface area contributed by atoms with Crippen molar-refractivity contribution in [3.8, 4) is 6.07 Å². The number of ether oxygens (including phenoxy) is 1. The molecular formula is C20H19F4N3O3S. The lowest BCUT2D eigenvalue weighted by atomic mass is 10.1. The second kappa shape index (κ2) is 9.34. The largest absolute Gasteiger partial charge is 0.463 e. The minimum atomic E-state index is -5.41. The van der Waals surface area contributed by atoms with Gasteiger partial charge in [-0.3, -0.25) is 4.79 Å². The van der Waals surface area contributed by atoms with Gasteiger partial charge in [0.2, 0.25) is 0 Å². The fraction of sp³-hybridized carbons (Fsp3) is 0.350. The first-order chi connectivity index (χ1) is 14.5. The molecular weight excluding hydrogens is 438 g/mol. The summed E-state index contributed by atoms with van der Waals surface area (Å²) in [6, 6.07) is 6.22. The van der Waals surface area contributed by atoms with Crippen molar-refractivity contribution in [2.24, 2.45) is 0 Å². The zero-order valence-corrected chi connectivity index (χ0v) is 17.6. The van der Waals surface area contributed by atoms with Crippen molar-refractivity contribution in [1.82, 2.24) is 5.32 Å². The molecule has 1 heterocycles. The summed E-state index contributed by atoms with van der Waals surface area (Å²) in [6.07, 6.45) is -5.04. The number of thiophene rings is 1. The minimum Gasteiger partial charge on any atom is -0.463 e. The summed E-state index contributed by atoms with van der Waals surface area (Å²) in [6.45, 7) is 4.22. The first kappa shape index (κ1) is 24.1. The van der Waals surface area contributed by atoms with Crippen LogP contribution < -0.4 is 10.6 Å². The van der Waals surface area contributed by atoms with Crippen molar-refractivity contribution in [2.45, 2.75) is 39.0 Å². The number of benzene rings is 1. The normalized spacial score (nSPS) is 13.1. The molecule has 0 aliphatic rings. The van der Waals surface area contributed by atoms with Gasteiger partial charge in [-0.15, -0.1) is 11.3 Å². The quantitative estimate of drug-likeness (QED) is 0.368. The first-order valence-electron chi connectivity index (χ1n) is 9.13. The lowest BCUT2D eigenvalue weighted by Gasteiger charge is -2.35. The van der Waals surface area contributed by atoms with Crippen molar-refractivity contribution in [1.29, 1.82) is 5.26 Å². The van der Waals surface area contributed by atoms with Crippen molar-refractivity contribution in [2.75, 3.05) is 11.9 Å². The van der Waals surface area contributed by atoms with E-state index in [0.29, 0.717) is 16.9 Å². The molecule has 31 heavy (non-hydrogen) atoms. The molecule has 0 aliphatic heterocycles. The Morgan fingerprint density at radius 2 is 1.87 bits per heavy atom. The number of amides is 1. The third-order valence-electron chi connectivity index (χ3n) is 4.40. The number of nitriles is 1. The predicted octanol–water partition coefficient (Wildman–Crippen LogP) is 4.29. The third-order valence-corrected chi connectivity index (χ3v) is 5.46. The Labute approximate surface area is 179 Å². The van der Waals surface area contributed by atoms with Crippen molar-refractivity contribution in [3.05, 3.63) is 51.7 Å². The van der Waals surface area contributed by atoms with Crippen LogP contribution in [-0.4, -0.2) is 30.3 Å². The number of carbonyl (C=O) groups is 2. The van der Waals surface area contributed by atoms with E-state index in [1.165, 1.54) is 19.1 Å². The van der Waals surface area contributed by atoms with Crippen LogP contribution in [0.5, 0.6) is 0 Å². The molecule has 6 nitrogen and oxygen atoms in total. The fourth-order valence-electron chi connectivity index (χ4n) is 2.89.